The van der Waals surface area contributed by atoms with E-state index in [0.717, 1.165) is 0 Å². The molecule has 0 heterocycles. The average molecular weight is 425 g/mol. The quantitative estimate of drug-likeness (QED) is 0.768. The van der Waals surface area contributed by atoms with Crippen LogP contribution in [0.4, 0.5) is 5.69 Å². The molecule has 0 bridgehead atoms. The Hall–Kier alpha value is -1.28. The number of anilines is 1. The van der Waals surface area contributed by atoms with Gasteiger partial charge in [0.1, 0.15) is 4.90 Å². The van der Waals surface area contributed by atoms with Crippen molar-refractivity contribution in [1.29, 1.82) is 0 Å². The zero-order chi connectivity index (χ0) is 16.5. The van der Waals surface area contributed by atoms with Gasteiger partial charge in [0.05, 0.1) is 16.3 Å². The number of rotatable bonds is 4. The molecule has 2 N–H and O–H groups in total. The molecule has 2 aromatic rings. The second-order valence-electron chi connectivity index (χ2n) is 4.18. The Labute approximate surface area is 145 Å². The molecule has 116 valence electrons. The summed E-state index contributed by atoms with van der Waals surface area (Å²) in [6, 6.07) is 7.93. The largest absolute Gasteiger partial charge is 0.478 e. The fourth-order valence-electron chi connectivity index (χ4n) is 1.62. The van der Waals surface area contributed by atoms with Gasteiger partial charge in [-0.3, -0.25) is 4.72 Å². The summed E-state index contributed by atoms with van der Waals surface area (Å²) < 4.78 is 27.2. The fraction of sp³-hybridized carbons (Fsp3) is 0. The summed E-state index contributed by atoms with van der Waals surface area (Å²) in [5.41, 5.74) is 0.135. The van der Waals surface area contributed by atoms with E-state index >= 15 is 0 Å². The maximum absolute atomic E-state index is 12.4. The topological polar surface area (TPSA) is 83.5 Å². The number of carboxylic acid groups (broad SMARTS) is 1. The monoisotopic (exact) mass is 423 g/mol. The number of hydrogen-bond donors (Lipinski definition) is 2. The number of aromatic carboxylic acids is 1. The SMILES string of the molecule is O=C(O)c1ccc(S(=O)(=O)Nc2ccc(Cl)cc2Cl)c(Br)c1. The van der Waals surface area contributed by atoms with Gasteiger partial charge in [-0.05, 0) is 52.3 Å². The van der Waals surface area contributed by atoms with Crippen molar-refractivity contribution in [2.24, 2.45) is 0 Å². The highest BCUT2D eigenvalue weighted by atomic mass is 79.9. The summed E-state index contributed by atoms with van der Waals surface area (Å²) in [6.07, 6.45) is 0. The lowest BCUT2D eigenvalue weighted by atomic mass is 10.2. The Morgan fingerprint density at radius 3 is 2.36 bits per heavy atom. The van der Waals surface area contributed by atoms with E-state index in [9.17, 15) is 13.2 Å². The average Bonchev–Trinajstić information content (AvgIpc) is 2.41. The van der Waals surface area contributed by atoms with Crippen LogP contribution in [0.2, 0.25) is 10.0 Å². The van der Waals surface area contributed by atoms with Crippen LogP contribution >= 0.6 is 39.1 Å². The first kappa shape index (κ1) is 17.1. The lowest BCUT2D eigenvalue weighted by molar-refractivity contribution is 0.0696. The van der Waals surface area contributed by atoms with Gasteiger partial charge in [-0.15, -0.1) is 0 Å². The number of benzene rings is 2. The maximum Gasteiger partial charge on any atom is 0.335 e. The Morgan fingerprint density at radius 2 is 1.82 bits per heavy atom. The molecule has 0 aliphatic rings. The zero-order valence-corrected chi connectivity index (χ0v) is 14.6. The van der Waals surface area contributed by atoms with Crippen LogP contribution in [0.3, 0.4) is 0 Å². The third-order valence-electron chi connectivity index (χ3n) is 2.64. The predicted molar refractivity (Wildman–Crippen MR) is 88.4 cm³/mol. The van der Waals surface area contributed by atoms with E-state index in [0.29, 0.717) is 5.02 Å². The highest BCUT2D eigenvalue weighted by Gasteiger charge is 2.20. The van der Waals surface area contributed by atoms with Crippen molar-refractivity contribution in [1.82, 2.24) is 0 Å². The molecule has 0 saturated heterocycles. The molecule has 0 aromatic heterocycles. The highest BCUT2D eigenvalue weighted by Crippen LogP contribution is 2.30. The van der Waals surface area contributed by atoms with Crippen LogP contribution in [-0.4, -0.2) is 19.5 Å². The second kappa shape index (κ2) is 6.45. The molecule has 22 heavy (non-hydrogen) atoms. The Bertz CT molecular complexity index is 855. The molecule has 5 nitrogen and oxygen atoms in total. The first-order chi connectivity index (χ1) is 10.2. The lowest BCUT2D eigenvalue weighted by Crippen LogP contribution is -2.14. The first-order valence-electron chi connectivity index (χ1n) is 5.71. The molecule has 0 saturated carbocycles. The van der Waals surface area contributed by atoms with E-state index in [1.165, 1.54) is 36.4 Å². The number of nitrogens with one attached hydrogen (secondary N) is 1. The second-order valence-corrected chi connectivity index (χ2v) is 7.53. The summed E-state index contributed by atoms with van der Waals surface area (Å²) >= 11 is 14.7. The molecule has 0 aliphatic heterocycles. The van der Waals surface area contributed by atoms with E-state index in [1.54, 1.807) is 0 Å². The molecule has 0 unspecified atom stereocenters. The summed E-state index contributed by atoms with van der Waals surface area (Å²) in [5.74, 6) is -1.15. The summed E-state index contributed by atoms with van der Waals surface area (Å²) in [6.45, 7) is 0. The third kappa shape index (κ3) is 3.73. The minimum atomic E-state index is -3.94. The van der Waals surface area contributed by atoms with Gasteiger partial charge in [0, 0.05) is 9.50 Å². The Balaban J connectivity index is 2.40. The number of halogens is 3. The molecule has 0 amide bonds. The van der Waals surface area contributed by atoms with Crippen LogP contribution < -0.4 is 4.72 Å². The molecule has 0 aliphatic carbocycles. The van der Waals surface area contributed by atoms with Crippen molar-refractivity contribution in [3.63, 3.8) is 0 Å². The lowest BCUT2D eigenvalue weighted by Gasteiger charge is -2.11. The molecule has 0 spiro atoms. The van der Waals surface area contributed by atoms with E-state index < -0.39 is 16.0 Å². The third-order valence-corrected chi connectivity index (χ3v) is 5.53. The molecule has 2 rings (SSSR count). The number of sulfonamides is 1. The molecule has 0 fully saturated rings. The first-order valence-corrected chi connectivity index (χ1v) is 8.74. The van der Waals surface area contributed by atoms with Gasteiger partial charge in [0.25, 0.3) is 10.0 Å². The minimum Gasteiger partial charge on any atom is -0.478 e. The predicted octanol–water partition coefficient (Wildman–Crippen LogP) is 4.25. The van der Waals surface area contributed by atoms with Crippen molar-refractivity contribution < 1.29 is 18.3 Å². The fourth-order valence-corrected chi connectivity index (χ4v) is 4.29. The van der Waals surface area contributed by atoms with Crippen LogP contribution in [0.25, 0.3) is 0 Å². The molecule has 0 radical (unpaired) electrons. The Morgan fingerprint density at radius 1 is 1.14 bits per heavy atom. The van der Waals surface area contributed by atoms with Crippen LogP contribution in [0.1, 0.15) is 10.4 Å². The number of carbonyl (C=O) groups is 1. The van der Waals surface area contributed by atoms with Gasteiger partial charge in [0.2, 0.25) is 0 Å². The van der Waals surface area contributed by atoms with E-state index in [2.05, 4.69) is 20.7 Å². The standard InChI is InChI=1S/C13H8BrCl2NO4S/c14-9-5-7(13(18)19)1-4-12(9)22(20,21)17-11-3-2-8(15)6-10(11)16/h1-6,17H,(H,18,19). The van der Waals surface area contributed by atoms with E-state index in [-0.39, 0.29) is 25.6 Å². The maximum atomic E-state index is 12.4. The van der Waals surface area contributed by atoms with Gasteiger partial charge in [-0.25, -0.2) is 13.2 Å². The van der Waals surface area contributed by atoms with Gasteiger partial charge in [-0.2, -0.15) is 0 Å². The van der Waals surface area contributed by atoms with E-state index in [1.807, 2.05) is 0 Å². The Kier molecular flexibility index (Phi) is 5.01. The summed E-state index contributed by atoms with van der Waals surface area (Å²) in [4.78, 5) is 10.8. The normalized spacial score (nSPS) is 11.2. The molecule has 2 aromatic carbocycles. The van der Waals surface area contributed by atoms with Crippen LogP contribution in [0.5, 0.6) is 0 Å². The highest BCUT2D eigenvalue weighted by molar-refractivity contribution is 9.10. The van der Waals surface area contributed by atoms with Crippen molar-refractivity contribution >= 4 is 60.8 Å². The number of carboxylic acids is 1. The van der Waals surface area contributed by atoms with Gasteiger partial charge in [0.15, 0.2) is 0 Å². The molecular formula is C13H8BrCl2NO4S. The van der Waals surface area contributed by atoms with Crippen molar-refractivity contribution in [2.45, 2.75) is 4.90 Å². The molecular weight excluding hydrogens is 417 g/mol. The molecule has 9 heteroatoms. The van der Waals surface area contributed by atoms with Crippen LogP contribution in [0.15, 0.2) is 45.8 Å². The smallest absolute Gasteiger partial charge is 0.335 e. The molecule has 0 atom stereocenters. The van der Waals surface area contributed by atoms with Crippen LogP contribution in [-0.2, 0) is 10.0 Å². The van der Waals surface area contributed by atoms with Crippen molar-refractivity contribution in [3.05, 3.63) is 56.5 Å². The van der Waals surface area contributed by atoms with Crippen LogP contribution in [0, 0.1) is 0 Å². The van der Waals surface area contributed by atoms with Gasteiger partial charge >= 0.3 is 5.97 Å². The summed E-state index contributed by atoms with van der Waals surface area (Å²) in [7, 11) is -3.94. The minimum absolute atomic E-state index is 0.0321. The van der Waals surface area contributed by atoms with Crippen molar-refractivity contribution in [2.75, 3.05) is 4.72 Å². The van der Waals surface area contributed by atoms with Gasteiger partial charge in [-0.1, -0.05) is 23.2 Å². The zero-order valence-electron chi connectivity index (χ0n) is 10.7. The summed E-state index contributed by atoms with van der Waals surface area (Å²) in [5, 5.41) is 9.41. The number of hydrogen-bond acceptors (Lipinski definition) is 3. The van der Waals surface area contributed by atoms with E-state index in [4.69, 9.17) is 28.3 Å². The van der Waals surface area contributed by atoms with Gasteiger partial charge < -0.3 is 5.11 Å². The van der Waals surface area contributed by atoms with Crippen molar-refractivity contribution in [3.8, 4) is 0 Å².